The molecule has 0 bridgehead atoms. The molecule has 1 heterocycles. The minimum atomic E-state index is -0.201. The van der Waals surface area contributed by atoms with Crippen LogP contribution < -0.4 is 5.32 Å². The first-order chi connectivity index (χ1) is 9.69. The highest BCUT2D eigenvalue weighted by molar-refractivity contribution is 6.30. The summed E-state index contributed by atoms with van der Waals surface area (Å²) in [4.78, 5) is 4.30. The van der Waals surface area contributed by atoms with Gasteiger partial charge in [0.1, 0.15) is 5.82 Å². The molecule has 0 aliphatic heterocycles. The fourth-order valence-corrected chi connectivity index (χ4v) is 2.38. The number of nitrogens with zero attached hydrogens (tertiary/aromatic N) is 1. The van der Waals surface area contributed by atoms with Gasteiger partial charge in [0.25, 0.3) is 0 Å². The second kappa shape index (κ2) is 7.36. The van der Waals surface area contributed by atoms with E-state index in [2.05, 4.69) is 10.3 Å². The van der Waals surface area contributed by atoms with E-state index >= 15 is 0 Å². The fraction of sp³-hybridized carbons (Fsp3) is 0.312. The second-order valence-corrected chi connectivity index (χ2v) is 5.22. The first-order valence-electron chi connectivity index (χ1n) is 6.70. The topological polar surface area (TPSA) is 24.9 Å². The Labute approximate surface area is 124 Å². The lowest BCUT2D eigenvalue weighted by Crippen LogP contribution is -2.28. The molecule has 1 aromatic carbocycles. The van der Waals surface area contributed by atoms with Crippen molar-refractivity contribution in [1.29, 1.82) is 0 Å². The molecule has 1 N–H and O–H groups in total. The van der Waals surface area contributed by atoms with Crippen molar-refractivity contribution in [3.63, 3.8) is 0 Å². The quantitative estimate of drug-likeness (QED) is 0.879. The Bertz CT molecular complexity index is 545. The summed E-state index contributed by atoms with van der Waals surface area (Å²) in [5, 5.41) is 3.80. The predicted octanol–water partition coefficient (Wildman–Crippen LogP) is 3.64. The van der Waals surface area contributed by atoms with Crippen LogP contribution in [0.2, 0.25) is 5.02 Å². The minimum Gasteiger partial charge on any atom is -0.317 e. The lowest BCUT2D eigenvalue weighted by molar-refractivity contribution is 0.502. The Hall–Kier alpha value is -1.45. The summed E-state index contributed by atoms with van der Waals surface area (Å²) in [6.07, 6.45) is 4.18. The summed E-state index contributed by atoms with van der Waals surface area (Å²) in [7, 11) is 1.89. The van der Waals surface area contributed by atoms with E-state index in [1.807, 2.05) is 25.2 Å². The molecule has 0 aliphatic rings. The van der Waals surface area contributed by atoms with Crippen LogP contribution in [0, 0.1) is 5.82 Å². The molecule has 20 heavy (non-hydrogen) atoms. The fourth-order valence-electron chi connectivity index (χ4n) is 2.18. The van der Waals surface area contributed by atoms with Crippen LogP contribution in [0.4, 0.5) is 4.39 Å². The zero-order valence-electron chi connectivity index (χ0n) is 11.4. The summed E-state index contributed by atoms with van der Waals surface area (Å²) in [5.41, 5.74) is 1.71. The standard InChI is InChI=1S/C16H18ClFN2/c1-19-15(7-6-14-4-2-3-9-20-14)11-12-10-13(17)5-8-16(12)18/h2-5,8-10,15,19H,6-7,11H2,1H3. The van der Waals surface area contributed by atoms with Gasteiger partial charge in [-0.05, 0) is 62.2 Å². The zero-order chi connectivity index (χ0) is 14.4. The van der Waals surface area contributed by atoms with E-state index in [4.69, 9.17) is 11.6 Å². The average molecular weight is 293 g/mol. The molecule has 1 aromatic heterocycles. The highest BCUT2D eigenvalue weighted by atomic mass is 35.5. The van der Waals surface area contributed by atoms with Gasteiger partial charge in [0.05, 0.1) is 0 Å². The Kier molecular flexibility index (Phi) is 5.50. The van der Waals surface area contributed by atoms with Gasteiger partial charge in [-0.3, -0.25) is 4.98 Å². The molecule has 106 valence electrons. The van der Waals surface area contributed by atoms with Crippen LogP contribution in [0.3, 0.4) is 0 Å². The molecule has 1 atom stereocenters. The van der Waals surface area contributed by atoms with Gasteiger partial charge in [0, 0.05) is 23.0 Å². The van der Waals surface area contributed by atoms with Crippen LogP contribution >= 0.6 is 11.6 Å². The normalized spacial score (nSPS) is 12.3. The molecule has 2 nitrogen and oxygen atoms in total. The van der Waals surface area contributed by atoms with Crippen LogP contribution in [-0.2, 0) is 12.8 Å². The van der Waals surface area contributed by atoms with Gasteiger partial charge in [-0.15, -0.1) is 0 Å². The second-order valence-electron chi connectivity index (χ2n) is 4.79. The minimum absolute atomic E-state index is 0.199. The van der Waals surface area contributed by atoms with Gasteiger partial charge >= 0.3 is 0 Å². The van der Waals surface area contributed by atoms with Crippen molar-refractivity contribution < 1.29 is 4.39 Å². The van der Waals surface area contributed by atoms with E-state index in [0.717, 1.165) is 18.5 Å². The van der Waals surface area contributed by atoms with E-state index in [9.17, 15) is 4.39 Å². The van der Waals surface area contributed by atoms with E-state index in [0.29, 0.717) is 17.0 Å². The summed E-state index contributed by atoms with van der Waals surface area (Å²) < 4.78 is 13.7. The van der Waals surface area contributed by atoms with Crippen molar-refractivity contribution in [3.05, 3.63) is 64.7 Å². The Morgan fingerprint density at radius 1 is 1.30 bits per heavy atom. The molecule has 1 unspecified atom stereocenters. The lowest BCUT2D eigenvalue weighted by Gasteiger charge is -2.16. The number of likely N-dealkylation sites (N-methyl/N-ethyl adjacent to an activating group) is 1. The molecule has 0 radical (unpaired) electrons. The summed E-state index contributed by atoms with van der Waals surface area (Å²) >= 11 is 5.92. The number of aromatic nitrogens is 1. The van der Waals surface area contributed by atoms with Crippen molar-refractivity contribution in [2.45, 2.75) is 25.3 Å². The van der Waals surface area contributed by atoms with Crippen molar-refractivity contribution in [3.8, 4) is 0 Å². The molecule has 0 saturated carbocycles. The van der Waals surface area contributed by atoms with Gasteiger partial charge < -0.3 is 5.32 Å². The van der Waals surface area contributed by atoms with Crippen LogP contribution in [0.15, 0.2) is 42.6 Å². The van der Waals surface area contributed by atoms with E-state index in [1.165, 1.54) is 6.07 Å². The summed E-state index contributed by atoms with van der Waals surface area (Å²) in [5.74, 6) is -0.201. The molecule has 4 heteroatoms. The van der Waals surface area contributed by atoms with E-state index in [-0.39, 0.29) is 11.9 Å². The number of aryl methyl sites for hydroxylation is 1. The highest BCUT2D eigenvalue weighted by Gasteiger charge is 2.11. The Balaban J connectivity index is 1.97. The number of pyridine rings is 1. The van der Waals surface area contributed by atoms with E-state index in [1.54, 1.807) is 18.3 Å². The molecule has 0 amide bonds. The van der Waals surface area contributed by atoms with Gasteiger partial charge in [-0.1, -0.05) is 17.7 Å². The number of hydrogen-bond donors (Lipinski definition) is 1. The molecule has 2 rings (SSSR count). The van der Waals surface area contributed by atoms with Crippen molar-refractivity contribution in [2.75, 3.05) is 7.05 Å². The number of nitrogens with one attached hydrogen (secondary N) is 1. The van der Waals surface area contributed by atoms with Crippen LogP contribution in [0.1, 0.15) is 17.7 Å². The van der Waals surface area contributed by atoms with Crippen LogP contribution in [-0.4, -0.2) is 18.1 Å². The van der Waals surface area contributed by atoms with Crippen LogP contribution in [0.5, 0.6) is 0 Å². The van der Waals surface area contributed by atoms with Gasteiger partial charge in [0.15, 0.2) is 0 Å². The van der Waals surface area contributed by atoms with Crippen molar-refractivity contribution in [1.82, 2.24) is 10.3 Å². The monoisotopic (exact) mass is 292 g/mol. The van der Waals surface area contributed by atoms with Gasteiger partial charge in [-0.2, -0.15) is 0 Å². The maximum absolute atomic E-state index is 13.7. The molecule has 0 fully saturated rings. The largest absolute Gasteiger partial charge is 0.317 e. The summed E-state index contributed by atoms with van der Waals surface area (Å²) in [6.45, 7) is 0. The first-order valence-corrected chi connectivity index (χ1v) is 7.08. The maximum Gasteiger partial charge on any atom is 0.126 e. The van der Waals surface area contributed by atoms with E-state index < -0.39 is 0 Å². The van der Waals surface area contributed by atoms with Gasteiger partial charge in [-0.25, -0.2) is 4.39 Å². The molecule has 0 aliphatic carbocycles. The third-order valence-corrected chi connectivity index (χ3v) is 3.59. The third kappa shape index (κ3) is 4.29. The van der Waals surface area contributed by atoms with Crippen LogP contribution in [0.25, 0.3) is 0 Å². The van der Waals surface area contributed by atoms with Crippen molar-refractivity contribution >= 4 is 11.6 Å². The first kappa shape index (κ1) is 14.9. The number of benzene rings is 1. The summed E-state index contributed by atoms with van der Waals surface area (Å²) in [6, 6.07) is 10.8. The number of rotatable bonds is 6. The average Bonchev–Trinajstić information content (AvgIpc) is 2.48. The molecule has 0 spiro atoms. The molecule has 2 aromatic rings. The Morgan fingerprint density at radius 2 is 2.15 bits per heavy atom. The lowest BCUT2D eigenvalue weighted by atomic mass is 10.0. The predicted molar refractivity (Wildman–Crippen MR) is 80.5 cm³/mol. The highest BCUT2D eigenvalue weighted by Crippen LogP contribution is 2.17. The zero-order valence-corrected chi connectivity index (χ0v) is 12.2. The maximum atomic E-state index is 13.7. The van der Waals surface area contributed by atoms with Gasteiger partial charge in [0.2, 0.25) is 0 Å². The molecular formula is C16H18ClFN2. The molecule has 0 saturated heterocycles. The number of halogens is 2. The Morgan fingerprint density at radius 3 is 2.85 bits per heavy atom. The number of hydrogen-bond acceptors (Lipinski definition) is 2. The van der Waals surface area contributed by atoms with Crippen molar-refractivity contribution in [2.24, 2.45) is 0 Å². The smallest absolute Gasteiger partial charge is 0.126 e. The third-order valence-electron chi connectivity index (χ3n) is 3.36. The SMILES string of the molecule is CNC(CCc1ccccn1)Cc1cc(Cl)ccc1F. The molecular weight excluding hydrogens is 275 g/mol.